The highest BCUT2D eigenvalue weighted by Crippen LogP contribution is 2.25. The molecule has 1 aliphatic rings. The Kier molecular flexibility index (Phi) is 7.08. The van der Waals surface area contributed by atoms with Gasteiger partial charge in [-0.25, -0.2) is 0 Å². The number of aromatic nitrogens is 1. The van der Waals surface area contributed by atoms with Crippen LogP contribution in [0.2, 0.25) is 5.02 Å². The van der Waals surface area contributed by atoms with Crippen molar-refractivity contribution in [2.45, 2.75) is 25.9 Å². The third-order valence-corrected chi connectivity index (χ3v) is 5.84. The van der Waals surface area contributed by atoms with E-state index in [0.717, 1.165) is 28.7 Å². The fraction of sp³-hybridized carbons (Fsp3) is 0.308. The molecule has 32 heavy (non-hydrogen) atoms. The summed E-state index contributed by atoms with van der Waals surface area (Å²) in [6, 6.07) is 17.7. The van der Waals surface area contributed by atoms with Crippen molar-refractivity contribution in [3.05, 3.63) is 77.5 Å². The number of hydrogen-bond acceptors (Lipinski definition) is 4. The lowest BCUT2D eigenvalue weighted by molar-refractivity contribution is -0.149. The molecule has 166 valence electrons. The molecule has 1 aliphatic heterocycles. The van der Waals surface area contributed by atoms with Crippen LogP contribution < -0.4 is 10.6 Å². The van der Waals surface area contributed by atoms with E-state index in [1.165, 1.54) is 0 Å². The minimum absolute atomic E-state index is 0.0639. The fourth-order valence-electron chi connectivity index (χ4n) is 4.07. The maximum absolute atomic E-state index is 12.8. The van der Waals surface area contributed by atoms with Crippen molar-refractivity contribution in [1.29, 1.82) is 0 Å². The summed E-state index contributed by atoms with van der Waals surface area (Å²) in [5, 5.41) is 8.60. The first-order chi connectivity index (χ1) is 15.5. The first-order valence-electron chi connectivity index (χ1n) is 11.1. The molecule has 2 atom stereocenters. The highest BCUT2D eigenvalue weighted by molar-refractivity contribution is 6.31. The van der Waals surface area contributed by atoms with E-state index < -0.39 is 0 Å². The smallest absolute Gasteiger partial charge is 0.242 e. The van der Waals surface area contributed by atoms with Gasteiger partial charge in [-0.2, -0.15) is 0 Å². The van der Waals surface area contributed by atoms with Gasteiger partial charge in [-0.3, -0.25) is 9.78 Å². The monoisotopic (exact) mass is 448 g/mol. The molecule has 0 bridgehead atoms. The van der Waals surface area contributed by atoms with E-state index in [1.807, 2.05) is 47.4 Å². The van der Waals surface area contributed by atoms with E-state index >= 15 is 0 Å². The summed E-state index contributed by atoms with van der Waals surface area (Å²) in [7, 11) is 0. The second-order valence-corrected chi connectivity index (χ2v) is 8.96. The Hall–Kier alpha value is -2.89. The van der Waals surface area contributed by atoms with Gasteiger partial charge in [-0.1, -0.05) is 67.9 Å². The van der Waals surface area contributed by atoms with Crippen molar-refractivity contribution in [3.63, 3.8) is 0 Å². The standard InChI is InChI=1S/C26H29ClN4O/c1-18(2)17-31-24(11-8-19-6-4-3-5-7-19)25(26(31)32)30-15-14-29-22-12-13-28-23-16-20(27)9-10-21(22)23/h3-13,16,18,24-25,30H,14-15,17H2,1-2H3,(H,28,29)/b11-8+/t24-,25+/m1/s1. The molecular formula is C26H29ClN4O. The van der Waals surface area contributed by atoms with Gasteiger partial charge >= 0.3 is 0 Å². The zero-order valence-corrected chi connectivity index (χ0v) is 19.2. The van der Waals surface area contributed by atoms with Gasteiger partial charge < -0.3 is 15.5 Å². The lowest BCUT2D eigenvalue weighted by atomic mass is 9.92. The topological polar surface area (TPSA) is 57.3 Å². The highest BCUT2D eigenvalue weighted by atomic mass is 35.5. The number of likely N-dealkylation sites (tertiary alicyclic amines) is 1. The Labute approximate surface area is 194 Å². The SMILES string of the molecule is CC(C)CN1C(=O)[C@@H](NCCNc2ccnc3cc(Cl)ccc23)[C@H]1/C=C/c1ccccc1. The number of pyridine rings is 1. The molecule has 2 heterocycles. The summed E-state index contributed by atoms with van der Waals surface area (Å²) < 4.78 is 0. The van der Waals surface area contributed by atoms with Crippen LogP contribution in [0.5, 0.6) is 0 Å². The predicted molar refractivity (Wildman–Crippen MR) is 133 cm³/mol. The molecule has 1 saturated heterocycles. The number of carbonyl (C=O) groups is 1. The molecule has 0 spiro atoms. The van der Waals surface area contributed by atoms with Crippen LogP contribution in [0.25, 0.3) is 17.0 Å². The van der Waals surface area contributed by atoms with Gasteiger partial charge in [0.15, 0.2) is 0 Å². The van der Waals surface area contributed by atoms with Crippen LogP contribution in [-0.2, 0) is 4.79 Å². The normalized spacial score (nSPS) is 18.5. The molecule has 0 radical (unpaired) electrons. The number of carbonyl (C=O) groups excluding carboxylic acids is 1. The van der Waals surface area contributed by atoms with Crippen LogP contribution in [0.3, 0.4) is 0 Å². The van der Waals surface area contributed by atoms with Crippen LogP contribution in [-0.4, -0.2) is 47.5 Å². The summed E-state index contributed by atoms with van der Waals surface area (Å²) in [5.41, 5.74) is 3.01. The van der Waals surface area contributed by atoms with Gasteiger partial charge in [0.1, 0.15) is 6.04 Å². The zero-order chi connectivity index (χ0) is 22.5. The Balaban J connectivity index is 1.37. The molecule has 4 rings (SSSR count). The Morgan fingerprint density at radius 1 is 1.12 bits per heavy atom. The molecule has 1 amide bonds. The van der Waals surface area contributed by atoms with E-state index in [4.69, 9.17) is 11.6 Å². The van der Waals surface area contributed by atoms with Gasteiger partial charge in [0, 0.05) is 41.9 Å². The number of β-lactam (4-membered cyclic amide) rings is 1. The number of nitrogens with one attached hydrogen (secondary N) is 2. The second kappa shape index (κ2) is 10.2. The molecule has 6 heteroatoms. The summed E-state index contributed by atoms with van der Waals surface area (Å²) in [5.74, 6) is 0.605. The molecule has 0 saturated carbocycles. The number of nitrogens with zero attached hydrogens (tertiary/aromatic N) is 2. The number of halogens is 1. The molecule has 3 aromatic rings. The molecule has 2 aromatic carbocycles. The van der Waals surface area contributed by atoms with E-state index in [1.54, 1.807) is 6.20 Å². The van der Waals surface area contributed by atoms with E-state index in [0.29, 0.717) is 24.0 Å². The summed E-state index contributed by atoms with van der Waals surface area (Å²) >= 11 is 6.08. The van der Waals surface area contributed by atoms with Crippen molar-refractivity contribution in [1.82, 2.24) is 15.2 Å². The van der Waals surface area contributed by atoms with Crippen molar-refractivity contribution in [3.8, 4) is 0 Å². The average Bonchev–Trinajstić information content (AvgIpc) is 2.79. The van der Waals surface area contributed by atoms with Crippen LogP contribution in [0.1, 0.15) is 19.4 Å². The lowest BCUT2D eigenvalue weighted by Crippen LogP contribution is -2.70. The van der Waals surface area contributed by atoms with Crippen molar-refractivity contribution < 1.29 is 4.79 Å². The fourth-order valence-corrected chi connectivity index (χ4v) is 4.24. The number of hydrogen-bond donors (Lipinski definition) is 2. The molecule has 2 N–H and O–H groups in total. The molecular weight excluding hydrogens is 420 g/mol. The molecule has 1 fully saturated rings. The minimum atomic E-state index is -0.191. The summed E-state index contributed by atoms with van der Waals surface area (Å²) in [4.78, 5) is 19.1. The van der Waals surface area contributed by atoms with Gasteiger partial charge in [0.05, 0.1) is 11.6 Å². The third-order valence-electron chi connectivity index (χ3n) is 5.61. The molecule has 5 nitrogen and oxygen atoms in total. The predicted octanol–water partition coefficient (Wildman–Crippen LogP) is 4.84. The van der Waals surface area contributed by atoms with Crippen LogP contribution in [0.15, 0.2) is 66.9 Å². The highest BCUT2D eigenvalue weighted by Gasteiger charge is 2.45. The van der Waals surface area contributed by atoms with E-state index in [9.17, 15) is 4.79 Å². The first kappa shape index (κ1) is 22.3. The number of benzene rings is 2. The zero-order valence-electron chi connectivity index (χ0n) is 18.5. The van der Waals surface area contributed by atoms with Gasteiger partial charge in [-0.05, 0) is 35.7 Å². The quantitative estimate of drug-likeness (QED) is 0.363. The number of fused-ring (bicyclic) bond motifs is 1. The summed E-state index contributed by atoms with van der Waals surface area (Å²) in [6.45, 7) is 6.43. The van der Waals surface area contributed by atoms with Gasteiger partial charge in [0.2, 0.25) is 5.91 Å². The molecule has 0 aliphatic carbocycles. The van der Waals surface area contributed by atoms with Gasteiger partial charge in [-0.15, -0.1) is 0 Å². The average molecular weight is 449 g/mol. The molecule has 1 aromatic heterocycles. The maximum Gasteiger partial charge on any atom is 0.242 e. The van der Waals surface area contributed by atoms with Crippen molar-refractivity contribution in [2.24, 2.45) is 5.92 Å². The number of amides is 1. The van der Waals surface area contributed by atoms with Crippen molar-refractivity contribution in [2.75, 3.05) is 25.0 Å². The van der Waals surface area contributed by atoms with Crippen LogP contribution in [0, 0.1) is 5.92 Å². The van der Waals surface area contributed by atoms with Crippen molar-refractivity contribution >= 4 is 40.2 Å². The largest absolute Gasteiger partial charge is 0.383 e. The Morgan fingerprint density at radius 2 is 1.94 bits per heavy atom. The minimum Gasteiger partial charge on any atom is -0.383 e. The lowest BCUT2D eigenvalue weighted by Gasteiger charge is -2.47. The van der Waals surface area contributed by atoms with Crippen LogP contribution >= 0.6 is 11.6 Å². The van der Waals surface area contributed by atoms with E-state index in [2.05, 4.69) is 53.7 Å². The summed E-state index contributed by atoms with van der Waals surface area (Å²) in [6.07, 6.45) is 6.02. The third kappa shape index (κ3) is 5.12. The number of anilines is 1. The van der Waals surface area contributed by atoms with E-state index in [-0.39, 0.29) is 18.0 Å². The second-order valence-electron chi connectivity index (χ2n) is 8.52. The Morgan fingerprint density at radius 3 is 2.72 bits per heavy atom. The Bertz CT molecular complexity index is 1100. The number of rotatable bonds is 9. The maximum atomic E-state index is 12.8. The van der Waals surface area contributed by atoms with Gasteiger partial charge in [0.25, 0.3) is 0 Å². The first-order valence-corrected chi connectivity index (χ1v) is 11.5. The van der Waals surface area contributed by atoms with Crippen LogP contribution in [0.4, 0.5) is 5.69 Å². The molecule has 0 unspecified atom stereocenters.